The van der Waals surface area contributed by atoms with E-state index < -0.39 is 0 Å². The molecule has 0 radical (unpaired) electrons. The molecule has 0 spiro atoms. The summed E-state index contributed by atoms with van der Waals surface area (Å²) in [6, 6.07) is 5.33. The standard InChI is InChI=1S/C16H19Cl2NO3/c17-13-4-3-11(8-14(13)18)9-15(20)19-5-1-2-12(10-19)16-21-6-7-22-16/h3-4,8,12,16H,1-2,5-7,9-10H2. The number of piperidine rings is 1. The minimum atomic E-state index is -0.152. The Morgan fingerprint density at radius 1 is 1.23 bits per heavy atom. The predicted octanol–water partition coefficient (Wildman–Crippen LogP) is 3.15. The lowest BCUT2D eigenvalue weighted by Crippen LogP contribution is -2.44. The van der Waals surface area contributed by atoms with Crippen molar-refractivity contribution in [3.05, 3.63) is 33.8 Å². The van der Waals surface area contributed by atoms with Crippen molar-refractivity contribution < 1.29 is 14.3 Å². The van der Waals surface area contributed by atoms with Crippen LogP contribution in [-0.2, 0) is 20.7 Å². The highest BCUT2D eigenvalue weighted by atomic mass is 35.5. The zero-order valence-corrected chi connectivity index (χ0v) is 13.8. The smallest absolute Gasteiger partial charge is 0.227 e. The van der Waals surface area contributed by atoms with Gasteiger partial charge in [0.15, 0.2) is 6.29 Å². The quantitative estimate of drug-likeness (QED) is 0.846. The van der Waals surface area contributed by atoms with E-state index in [1.807, 2.05) is 11.0 Å². The Morgan fingerprint density at radius 2 is 2.00 bits per heavy atom. The van der Waals surface area contributed by atoms with E-state index in [4.69, 9.17) is 32.7 Å². The van der Waals surface area contributed by atoms with Gasteiger partial charge in [0, 0.05) is 19.0 Å². The Labute approximate surface area is 140 Å². The molecule has 1 atom stereocenters. The van der Waals surface area contributed by atoms with Crippen LogP contribution < -0.4 is 0 Å². The molecule has 6 heteroatoms. The van der Waals surface area contributed by atoms with Gasteiger partial charge in [0.2, 0.25) is 5.91 Å². The lowest BCUT2D eigenvalue weighted by molar-refractivity contribution is -0.138. The number of likely N-dealkylation sites (tertiary alicyclic amines) is 1. The Morgan fingerprint density at radius 3 is 2.73 bits per heavy atom. The Balaban J connectivity index is 1.60. The van der Waals surface area contributed by atoms with Gasteiger partial charge in [-0.2, -0.15) is 0 Å². The van der Waals surface area contributed by atoms with Crippen molar-refractivity contribution in [3.8, 4) is 0 Å². The number of carbonyl (C=O) groups excluding carboxylic acids is 1. The average Bonchev–Trinajstić information content (AvgIpc) is 3.05. The van der Waals surface area contributed by atoms with Crippen molar-refractivity contribution in [1.29, 1.82) is 0 Å². The largest absolute Gasteiger partial charge is 0.350 e. The van der Waals surface area contributed by atoms with Crippen molar-refractivity contribution in [2.45, 2.75) is 25.6 Å². The fourth-order valence-corrected chi connectivity index (χ4v) is 3.36. The molecule has 0 saturated carbocycles. The fraction of sp³-hybridized carbons (Fsp3) is 0.562. The SMILES string of the molecule is O=C(Cc1ccc(Cl)c(Cl)c1)N1CCCC(C2OCCO2)C1. The summed E-state index contributed by atoms with van der Waals surface area (Å²) >= 11 is 11.9. The molecule has 0 bridgehead atoms. The maximum absolute atomic E-state index is 12.5. The molecule has 2 aliphatic rings. The number of hydrogen-bond acceptors (Lipinski definition) is 3. The lowest BCUT2D eigenvalue weighted by atomic mass is 9.97. The van der Waals surface area contributed by atoms with Gasteiger partial charge in [-0.25, -0.2) is 0 Å². The predicted molar refractivity (Wildman–Crippen MR) is 85.2 cm³/mol. The van der Waals surface area contributed by atoms with Crippen LogP contribution in [0.25, 0.3) is 0 Å². The van der Waals surface area contributed by atoms with Gasteiger partial charge in [-0.05, 0) is 30.5 Å². The molecular weight excluding hydrogens is 325 g/mol. The molecule has 2 heterocycles. The van der Waals surface area contributed by atoms with Gasteiger partial charge < -0.3 is 14.4 Å². The first-order chi connectivity index (χ1) is 10.6. The topological polar surface area (TPSA) is 38.8 Å². The van der Waals surface area contributed by atoms with Crippen LogP contribution in [0.4, 0.5) is 0 Å². The molecule has 2 saturated heterocycles. The van der Waals surface area contributed by atoms with Crippen LogP contribution in [-0.4, -0.2) is 43.4 Å². The molecule has 120 valence electrons. The molecule has 1 aromatic rings. The first-order valence-electron chi connectivity index (χ1n) is 7.58. The number of ether oxygens (including phenoxy) is 2. The Kier molecular flexibility index (Phi) is 5.24. The number of benzene rings is 1. The van der Waals surface area contributed by atoms with E-state index in [0.717, 1.165) is 24.9 Å². The van der Waals surface area contributed by atoms with E-state index in [1.165, 1.54) is 0 Å². The van der Waals surface area contributed by atoms with Crippen LogP contribution in [0.15, 0.2) is 18.2 Å². The van der Waals surface area contributed by atoms with Crippen LogP contribution in [0.1, 0.15) is 18.4 Å². The molecule has 0 aliphatic carbocycles. The second-order valence-corrected chi connectivity index (χ2v) is 6.59. The molecule has 2 aliphatic heterocycles. The highest BCUT2D eigenvalue weighted by molar-refractivity contribution is 6.42. The van der Waals surface area contributed by atoms with Crippen LogP contribution in [0.2, 0.25) is 10.0 Å². The molecule has 3 rings (SSSR count). The van der Waals surface area contributed by atoms with E-state index in [1.54, 1.807) is 12.1 Å². The van der Waals surface area contributed by atoms with Gasteiger partial charge in [0.1, 0.15) is 0 Å². The summed E-state index contributed by atoms with van der Waals surface area (Å²) in [7, 11) is 0. The van der Waals surface area contributed by atoms with Crippen LogP contribution in [0.5, 0.6) is 0 Å². The molecule has 1 unspecified atom stereocenters. The van der Waals surface area contributed by atoms with Gasteiger partial charge in [-0.15, -0.1) is 0 Å². The molecule has 22 heavy (non-hydrogen) atoms. The second-order valence-electron chi connectivity index (χ2n) is 5.78. The summed E-state index contributed by atoms with van der Waals surface area (Å²) in [4.78, 5) is 14.4. The third-order valence-corrected chi connectivity index (χ3v) is 4.92. The number of rotatable bonds is 3. The van der Waals surface area contributed by atoms with Gasteiger partial charge in [0.25, 0.3) is 0 Å². The maximum atomic E-state index is 12.5. The number of halogens is 2. The van der Waals surface area contributed by atoms with E-state index in [-0.39, 0.29) is 18.1 Å². The van der Waals surface area contributed by atoms with Crippen LogP contribution >= 0.6 is 23.2 Å². The molecule has 1 amide bonds. The van der Waals surface area contributed by atoms with E-state index in [9.17, 15) is 4.79 Å². The van der Waals surface area contributed by atoms with Gasteiger partial charge in [-0.3, -0.25) is 4.79 Å². The molecule has 4 nitrogen and oxygen atoms in total. The minimum Gasteiger partial charge on any atom is -0.350 e. The van der Waals surface area contributed by atoms with Crippen molar-refractivity contribution in [2.24, 2.45) is 5.92 Å². The third-order valence-electron chi connectivity index (χ3n) is 4.18. The molecule has 1 aromatic carbocycles. The van der Waals surface area contributed by atoms with Crippen LogP contribution in [0.3, 0.4) is 0 Å². The first kappa shape index (κ1) is 16.1. The Hall–Kier alpha value is -0.810. The van der Waals surface area contributed by atoms with Crippen molar-refractivity contribution in [3.63, 3.8) is 0 Å². The number of hydrogen-bond donors (Lipinski definition) is 0. The number of amides is 1. The zero-order chi connectivity index (χ0) is 15.5. The van der Waals surface area contributed by atoms with Crippen LogP contribution in [0, 0.1) is 5.92 Å². The van der Waals surface area contributed by atoms with Gasteiger partial charge in [-0.1, -0.05) is 29.3 Å². The third kappa shape index (κ3) is 3.74. The summed E-state index contributed by atoms with van der Waals surface area (Å²) < 4.78 is 11.2. The van der Waals surface area contributed by atoms with Crippen molar-refractivity contribution in [2.75, 3.05) is 26.3 Å². The normalized spacial score (nSPS) is 23.0. The highest BCUT2D eigenvalue weighted by Gasteiger charge is 2.32. The van der Waals surface area contributed by atoms with Crippen molar-refractivity contribution >= 4 is 29.1 Å². The van der Waals surface area contributed by atoms with E-state index >= 15 is 0 Å². The van der Waals surface area contributed by atoms with E-state index in [2.05, 4.69) is 0 Å². The lowest BCUT2D eigenvalue weighted by Gasteiger charge is -2.34. The minimum absolute atomic E-state index is 0.112. The number of nitrogens with zero attached hydrogens (tertiary/aromatic N) is 1. The monoisotopic (exact) mass is 343 g/mol. The molecule has 0 aromatic heterocycles. The summed E-state index contributed by atoms with van der Waals surface area (Å²) in [5.41, 5.74) is 0.884. The molecule has 0 N–H and O–H groups in total. The number of carbonyl (C=O) groups is 1. The Bertz CT molecular complexity index is 546. The fourth-order valence-electron chi connectivity index (χ4n) is 3.04. The van der Waals surface area contributed by atoms with Gasteiger partial charge in [0.05, 0.1) is 29.7 Å². The zero-order valence-electron chi connectivity index (χ0n) is 12.3. The summed E-state index contributed by atoms with van der Waals surface area (Å²) in [5.74, 6) is 0.384. The molecular formula is C16H19Cl2NO3. The summed E-state index contributed by atoms with van der Waals surface area (Å²) in [5, 5.41) is 0.989. The second kappa shape index (κ2) is 7.18. The van der Waals surface area contributed by atoms with Gasteiger partial charge >= 0.3 is 0 Å². The average molecular weight is 344 g/mol. The van der Waals surface area contributed by atoms with Crippen molar-refractivity contribution in [1.82, 2.24) is 4.90 Å². The first-order valence-corrected chi connectivity index (χ1v) is 8.34. The molecule has 2 fully saturated rings. The highest BCUT2D eigenvalue weighted by Crippen LogP contribution is 2.26. The summed E-state index contributed by atoms with van der Waals surface area (Å²) in [6.07, 6.45) is 2.22. The summed E-state index contributed by atoms with van der Waals surface area (Å²) in [6.45, 7) is 2.80. The van der Waals surface area contributed by atoms with E-state index in [0.29, 0.717) is 36.2 Å². The maximum Gasteiger partial charge on any atom is 0.227 e.